The van der Waals surface area contributed by atoms with Crippen molar-refractivity contribution in [1.82, 2.24) is 9.97 Å². The van der Waals surface area contributed by atoms with Gasteiger partial charge in [-0.05, 0) is 73.4 Å². The Kier molecular flexibility index (Phi) is 5.62. The van der Waals surface area contributed by atoms with Gasteiger partial charge in [-0.25, -0.2) is 23.1 Å². The molecule has 1 aromatic heterocycles. The lowest BCUT2D eigenvalue weighted by atomic mass is 10.2. The lowest BCUT2D eigenvalue weighted by molar-refractivity contribution is 0.102. The fourth-order valence-corrected chi connectivity index (χ4v) is 3.61. The summed E-state index contributed by atoms with van der Waals surface area (Å²) in [6.45, 7) is 0.714. The van der Waals surface area contributed by atoms with Crippen LogP contribution in [0, 0.1) is 5.92 Å². The van der Waals surface area contributed by atoms with Gasteiger partial charge in [0.25, 0.3) is 15.9 Å². The van der Waals surface area contributed by atoms with E-state index in [2.05, 4.69) is 20.0 Å². The van der Waals surface area contributed by atoms with E-state index in [1.165, 1.54) is 49.5 Å². The fourth-order valence-electron chi connectivity index (χ4n) is 2.65. The Balaban J connectivity index is 1.37. The molecule has 2 N–H and O–H groups in total. The van der Waals surface area contributed by atoms with Crippen molar-refractivity contribution in [3.63, 3.8) is 0 Å². The summed E-state index contributed by atoms with van der Waals surface area (Å²) in [6, 6.07) is 14.3. The van der Waals surface area contributed by atoms with E-state index in [0.29, 0.717) is 23.8 Å². The SMILES string of the molecule is O=C(Nc1ccc(S(=O)(=O)Nc2ncccn2)cc1)c1ccc(OCC2CC2)cc1. The number of hydrogen-bond donors (Lipinski definition) is 2. The highest BCUT2D eigenvalue weighted by atomic mass is 32.2. The number of carbonyl (C=O) groups is 1. The monoisotopic (exact) mass is 424 g/mol. The highest BCUT2D eigenvalue weighted by Gasteiger charge is 2.22. The average Bonchev–Trinajstić information content (AvgIpc) is 3.58. The van der Waals surface area contributed by atoms with E-state index in [1.54, 1.807) is 30.3 Å². The maximum absolute atomic E-state index is 12.4. The molecule has 1 heterocycles. The molecule has 1 saturated carbocycles. The molecule has 9 heteroatoms. The number of rotatable bonds is 8. The van der Waals surface area contributed by atoms with Crippen LogP contribution in [-0.2, 0) is 10.0 Å². The molecule has 4 rings (SSSR count). The first-order valence-electron chi connectivity index (χ1n) is 9.44. The topological polar surface area (TPSA) is 110 Å². The van der Waals surface area contributed by atoms with Gasteiger partial charge in [0.15, 0.2) is 0 Å². The number of aromatic nitrogens is 2. The molecule has 30 heavy (non-hydrogen) atoms. The van der Waals surface area contributed by atoms with Gasteiger partial charge in [0.1, 0.15) is 5.75 Å². The standard InChI is InChI=1S/C21H20N4O4S/c26-20(16-4-8-18(9-5-16)29-14-15-2-3-15)24-17-6-10-19(11-7-17)30(27,28)25-21-22-12-1-13-23-21/h1,4-13,15H,2-3,14H2,(H,24,26)(H,22,23,25). The summed E-state index contributed by atoms with van der Waals surface area (Å²) in [5.74, 6) is 1.09. The van der Waals surface area contributed by atoms with Crippen molar-refractivity contribution in [2.24, 2.45) is 5.92 Å². The van der Waals surface area contributed by atoms with Gasteiger partial charge >= 0.3 is 0 Å². The highest BCUT2D eigenvalue weighted by molar-refractivity contribution is 7.92. The molecule has 1 aliphatic rings. The molecule has 2 aromatic carbocycles. The molecule has 0 saturated heterocycles. The number of benzene rings is 2. The zero-order chi connectivity index (χ0) is 21.0. The predicted molar refractivity (Wildman–Crippen MR) is 112 cm³/mol. The summed E-state index contributed by atoms with van der Waals surface area (Å²) in [6.07, 6.45) is 5.32. The van der Waals surface area contributed by atoms with Gasteiger partial charge in [0, 0.05) is 23.6 Å². The molecule has 0 unspecified atom stereocenters. The first-order valence-corrected chi connectivity index (χ1v) is 10.9. The zero-order valence-corrected chi connectivity index (χ0v) is 16.8. The number of carbonyl (C=O) groups excluding carboxylic acids is 1. The molecule has 8 nitrogen and oxygen atoms in total. The van der Waals surface area contributed by atoms with Gasteiger partial charge in [-0.15, -0.1) is 0 Å². The van der Waals surface area contributed by atoms with Crippen molar-refractivity contribution in [3.05, 3.63) is 72.6 Å². The molecule has 0 aliphatic heterocycles. The fraction of sp³-hybridized carbons (Fsp3) is 0.190. The third-order valence-corrected chi connectivity index (χ3v) is 5.86. The minimum atomic E-state index is -3.82. The van der Waals surface area contributed by atoms with Crippen LogP contribution in [0.4, 0.5) is 11.6 Å². The first-order chi connectivity index (χ1) is 14.5. The van der Waals surface area contributed by atoms with Gasteiger partial charge in [-0.2, -0.15) is 0 Å². The number of sulfonamides is 1. The van der Waals surface area contributed by atoms with Gasteiger partial charge < -0.3 is 10.1 Å². The normalized spacial score (nSPS) is 13.5. The van der Waals surface area contributed by atoms with E-state index in [0.717, 1.165) is 5.75 Å². The van der Waals surface area contributed by atoms with Gasteiger partial charge in [-0.1, -0.05) is 0 Å². The second kappa shape index (κ2) is 8.50. The number of hydrogen-bond acceptors (Lipinski definition) is 6. The van der Waals surface area contributed by atoms with E-state index < -0.39 is 10.0 Å². The van der Waals surface area contributed by atoms with Crippen LogP contribution in [0.1, 0.15) is 23.2 Å². The zero-order valence-electron chi connectivity index (χ0n) is 16.0. The summed E-state index contributed by atoms with van der Waals surface area (Å²) < 4.78 is 32.8. The van der Waals surface area contributed by atoms with Crippen molar-refractivity contribution in [3.8, 4) is 5.75 Å². The van der Waals surface area contributed by atoms with Crippen LogP contribution in [0.5, 0.6) is 5.75 Å². The molecule has 1 amide bonds. The molecule has 0 bridgehead atoms. The van der Waals surface area contributed by atoms with Crippen molar-refractivity contribution < 1.29 is 17.9 Å². The number of ether oxygens (including phenoxy) is 1. The molecule has 154 valence electrons. The minimum Gasteiger partial charge on any atom is -0.493 e. The summed E-state index contributed by atoms with van der Waals surface area (Å²) in [7, 11) is -3.82. The van der Waals surface area contributed by atoms with Crippen LogP contribution in [-0.4, -0.2) is 30.9 Å². The van der Waals surface area contributed by atoms with Crippen LogP contribution in [0.3, 0.4) is 0 Å². The average molecular weight is 424 g/mol. The number of nitrogens with zero attached hydrogens (tertiary/aromatic N) is 2. The van der Waals surface area contributed by atoms with Gasteiger partial charge in [0.05, 0.1) is 11.5 Å². The van der Waals surface area contributed by atoms with Crippen molar-refractivity contribution in [2.75, 3.05) is 16.6 Å². The minimum absolute atomic E-state index is 0.0144. The lowest BCUT2D eigenvalue weighted by Gasteiger charge is -2.09. The third-order valence-electron chi connectivity index (χ3n) is 4.51. The van der Waals surface area contributed by atoms with Crippen LogP contribution in [0.25, 0.3) is 0 Å². The second-order valence-corrected chi connectivity index (χ2v) is 8.62. The summed E-state index contributed by atoms with van der Waals surface area (Å²) >= 11 is 0. The summed E-state index contributed by atoms with van der Waals surface area (Å²) in [5, 5.41) is 2.75. The molecule has 0 radical (unpaired) electrons. The Bertz CT molecular complexity index is 1110. The Labute approximate surface area is 174 Å². The van der Waals surface area contributed by atoms with E-state index in [-0.39, 0.29) is 16.8 Å². The smallest absolute Gasteiger partial charge is 0.264 e. The van der Waals surface area contributed by atoms with Crippen LogP contribution in [0.2, 0.25) is 0 Å². The van der Waals surface area contributed by atoms with Crippen LogP contribution >= 0.6 is 0 Å². The van der Waals surface area contributed by atoms with Crippen molar-refractivity contribution in [2.45, 2.75) is 17.7 Å². The Morgan fingerprint density at radius 1 is 1.00 bits per heavy atom. The van der Waals surface area contributed by atoms with E-state index in [4.69, 9.17) is 4.74 Å². The molecule has 0 spiro atoms. The van der Waals surface area contributed by atoms with Gasteiger partial charge in [-0.3, -0.25) is 4.79 Å². The number of amides is 1. The highest BCUT2D eigenvalue weighted by Crippen LogP contribution is 2.29. The van der Waals surface area contributed by atoms with Gasteiger partial charge in [0.2, 0.25) is 5.95 Å². The first kappa shape index (κ1) is 19.8. The second-order valence-electron chi connectivity index (χ2n) is 6.94. The lowest BCUT2D eigenvalue weighted by Crippen LogP contribution is -2.15. The number of anilines is 2. The third kappa shape index (κ3) is 5.12. The summed E-state index contributed by atoms with van der Waals surface area (Å²) in [4.78, 5) is 20.1. The number of nitrogens with one attached hydrogen (secondary N) is 2. The maximum atomic E-state index is 12.4. The predicted octanol–water partition coefficient (Wildman–Crippen LogP) is 3.32. The van der Waals surface area contributed by atoms with Crippen molar-refractivity contribution in [1.29, 1.82) is 0 Å². The Morgan fingerprint density at radius 2 is 1.67 bits per heavy atom. The summed E-state index contributed by atoms with van der Waals surface area (Å²) in [5.41, 5.74) is 0.956. The molecule has 1 fully saturated rings. The largest absolute Gasteiger partial charge is 0.493 e. The van der Waals surface area contributed by atoms with E-state index in [9.17, 15) is 13.2 Å². The quantitative estimate of drug-likeness (QED) is 0.574. The van der Waals surface area contributed by atoms with Crippen molar-refractivity contribution >= 4 is 27.6 Å². The maximum Gasteiger partial charge on any atom is 0.264 e. The molecular weight excluding hydrogens is 404 g/mol. The Hall–Kier alpha value is -3.46. The molecular formula is C21H20N4O4S. The van der Waals surface area contributed by atoms with E-state index in [1.807, 2.05) is 0 Å². The molecule has 0 atom stereocenters. The van der Waals surface area contributed by atoms with E-state index >= 15 is 0 Å². The van der Waals surface area contributed by atoms with Crippen LogP contribution < -0.4 is 14.8 Å². The Morgan fingerprint density at radius 3 is 2.30 bits per heavy atom. The molecule has 1 aliphatic carbocycles. The molecule has 3 aromatic rings. The van der Waals surface area contributed by atoms with Crippen LogP contribution in [0.15, 0.2) is 71.9 Å².